The van der Waals surface area contributed by atoms with Crippen LogP contribution in [0, 0.1) is 0 Å². The Balaban J connectivity index is 1.63. The Bertz CT molecular complexity index is 1100. The number of nitrogens with zero attached hydrogens (tertiary/aromatic N) is 5. The molecule has 2 aromatic carbocycles. The third-order valence-electron chi connectivity index (χ3n) is 5.41. The molecule has 4 aromatic rings. The highest BCUT2D eigenvalue weighted by molar-refractivity contribution is 5.85. The van der Waals surface area contributed by atoms with Gasteiger partial charge in [-0.15, -0.1) is 0 Å². The fourth-order valence-electron chi connectivity index (χ4n) is 3.72. The van der Waals surface area contributed by atoms with Crippen molar-refractivity contribution in [3.05, 3.63) is 60.7 Å². The highest BCUT2D eigenvalue weighted by Gasteiger charge is 2.24. The second-order valence-corrected chi connectivity index (χ2v) is 7.20. The Morgan fingerprint density at radius 2 is 1.45 bits per heavy atom. The van der Waals surface area contributed by atoms with Gasteiger partial charge in [0.05, 0.1) is 0 Å². The number of benzene rings is 2. The summed E-state index contributed by atoms with van der Waals surface area (Å²) in [5, 5.41) is 0. The van der Waals surface area contributed by atoms with Crippen LogP contribution >= 0.6 is 0 Å². The molecule has 146 valence electrons. The van der Waals surface area contributed by atoms with Crippen LogP contribution in [0.3, 0.4) is 0 Å². The van der Waals surface area contributed by atoms with Crippen LogP contribution in [-0.4, -0.2) is 52.6 Å². The van der Waals surface area contributed by atoms with Gasteiger partial charge in [-0.25, -0.2) is 9.97 Å². The molecule has 6 nitrogen and oxygen atoms in total. The second kappa shape index (κ2) is 7.64. The number of rotatable bonds is 4. The molecule has 3 heterocycles. The molecular formula is C23H23N5O. The zero-order chi connectivity index (χ0) is 19.6. The van der Waals surface area contributed by atoms with E-state index in [4.69, 9.17) is 19.4 Å². The van der Waals surface area contributed by atoms with Gasteiger partial charge in [-0.1, -0.05) is 55.5 Å². The van der Waals surface area contributed by atoms with E-state index >= 15 is 0 Å². The predicted octanol–water partition coefficient (Wildman–Crippen LogP) is 4.09. The molecule has 29 heavy (non-hydrogen) atoms. The summed E-state index contributed by atoms with van der Waals surface area (Å²) in [5.41, 5.74) is 3.18. The molecule has 0 atom stereocenters. The van der Waals surface area contributed by atoms with Crippen LogP contribution in [0.2, 0.25) is 0 Å². The number of hydrogen-bond acceptors (Lipinski definition) is 6. The number of hydrogen-bond donors (Lipinski definition) is 0. The lowest BCUT2D eigenvalue weighted by molar-refractivity contribution is 0.270. The van der Waals surface area contributed by atoms with Gasteiger partial charge in [0, 0.05) is 37.3 Å². The maximum Gasteiger partial charge on any atom is 0.229 e. The fourth-order valence-corrected chi connectivity index (χ4v) is 3.72. The summed E-state index contributed by atoms with van der Waals surface area (Å²) in [4.78, 5) is 19.1. The number of piperazine rings is 1. The molecule has 1 aliphatic rings. The van der Waals surface area contributed by atoms with Gasteiger partial charge in [-0.3, -0.25) is 0 Å². The lowest BCUT2D eigenvalue weighted by atomic mass is 10.2. The molecule has 1 saturated heterocycles. The number of fused-ring (bicyclic) bond motifs is 1. The molecule has 1 fully saturated rings. The third kappa shape index (κ3) is 3.47. The van der Waals surface area contributed by atoms with Crippen molar-refractivity contribution in [2.45, 2.75) is 6.92 Å². The van der Waals surface area contributed by atoms with E-state index in [1.54, 1.807) is 0 Å². The van der Waals surface area contributed by atoms with Crippen molar-refractivity contribution in [1.29, 1.82) is 0 Å². The first kappa shape index (κ1) is 17.8. The molecule has 0 radical (unpaired) electrons. The van der Waals surface area contributed by atoms with Crippen LogP contribution < -0.4 is 4.90 Å². The van der Waals surface area contributed by atoms with Crippen molar-refractivity contribution in [3.63, 3.8) is 0 Å². The summed E-state index contributed by atoms with van der Waals surface area (Å²) in [6, 6.07) is 20.0. The van der Waals surface area contributed by atoms with E-state index < -0.39 is 0 Å². The van der Waals surface area contributed by atoms with Crippen LogP contribution in [0.15, 0.2) is 65.1 Å². The average Bonchev–Trinajstić information content (AvgIpc) is 3.24. The Labute approximate surface area is 169 Å². The first-order chi connectivity index (χ1) is 14.3. The Morgan fingerprint density at radius 1 is 0.793 bits per heavy atom. The summed E-state index contributed by atoms with van der Waals surface area (Å²) >= 11 is 0. The van der Waals surface area contributed by atoms with E-state index in [2.05, 4.69) is 16.7 Å². The minimum absolute atomic E-state index is 0.577. The molecule has 6 heteroatoms. The van der Waals surface area contributed by atoms with Gasteiger partial charge in [-0.05, 0) is 18.7 Å². The van der Waals surface area contributed by atoms with Gasteiger partial charge >= 0.3 is 0 Å². The first-order valence-corrected chi connectivity index (χ1v) is 10.1. The van der Waals surface area contributed by atoms with E-state index in [1.165, 1.54) is 0 Å². The predicted molar refractivity (Wildman–Crippen MR) is 115 cm³/mol. The molecule has 0 unspecified atom stereocenters. The van der Waals surface area contributed by atoms with E-state index in [-0.39, 0.29) is 0 Å². The fraction of sp³-hybridized carbons (Fsp3) is 0.261. The number of aromatic nitrogens is 3. The first-order valence-electron chi connectivity index (χ1n) is 10.1. The summed E-state index contributed by atoms with van der Waals surface area (Å²) in [5.74, 6) is 2.09. The minimum atomic E-state index is 0.577. The molecule has 2 aromatic heterocycles. The molecule has 0 aliphatic carbocycles. The largest absolute Gasteiger partial charge is 0.430 e. The lowest BCUT2D eigenvalue weighted by Crippen LogP contribution is -2.46. The highest BCUT2D eigenvalue weighted by atomic mass is 16.4. The number of oxazole rings is 1. The quantitative estimate of drug-likeness (QED) is 0.527. The van der Waals surface area contributed by atoms with Gasteiger partial charge in [-0.2, -0.15) is 4.98 Å². The van der Waals surface area contributed by atoms with Crippen LogP contribution in [0.1, 0.15) is 6.92 Å². The van der Waals surface area contributed by atoms with Crippen LogP contribution in [0.5, 0.6) is 0 Å². The Kier molecular flexibility index (Phi) is 4.69. The molecule has 0 spiro atoms. The minimum Gasteiger partial charge on any atom is -0.430 e. The molecule has 0 amide bonds. The normalized spacial score (nSPS) is 15.1. The van der Waals surface area contributed by atoms with Crippen molar-refractivity contribution >= 4 is 17.0 Å². The van der Waals surface area contributed by atoms with Crippen molar-refractivity contribution in [2.24, 2.45) is 0 Å². The smallest absolute Gasteiger partial charge is 0.229 e. The van der Waals surface area contributed by atoms with Crippen LogP contribution in [0.4, 0.5) is 5.82 Å². The maximum absolute atomic E-state index is 6.19. The van der Waals surface area contributed by atoms with E-state index in [0.29, 0.717) is 22.9 Å². The summed E-state index contributed by atoms with van der Waals surface area (Å²) in [7, 11) is 0. The maximum atomic E-state index is 6.19. The summed E-state index contributed by atoms with van der Waals surface area (Å²) in [6.45, 7) is 7.13. The van der Waals surface area contributed by atoms with Crippen LogP contribution in [-0.2, 0) is 0 Å². The van der Waals surface area contributed by atoms with Gasteiger partial charge in [0.1, 0.15) is 0 Å². The highest BCUT2D eigenvalue weighted by Crippen LogP contribution is 2.32. The third-order valence-corrected chi connectivity index (χ3v) is 5.41. The Morgan fingerprint density at radius 3 is 2.10 bits per heavy atom. The van der Waals surface area contributed by atoms with Gasteiger partial charge in [0.2, 0.25) is 17.1 Å². The van der Waals surface area contributed by atoms with E-state index in [1.807, 2.05) is 60.7 Å². The average molecular weight is 385 g/mol. The van der Waals surface area contributed by atoms with Gasteiger partial charge < -0.3 is 14.2 Å². The van der Waals surface area contributed by atoms with Crippen molar-refractivity contribution in [2.75, 3.05) is 37.6 Å². The SMILES string of the molecule is CCN1CCN(c2nc(-c3ccccc3)nc3nc(-c4ccccc4)oc23)CC1. The van der Waals surface area contributed by atoms with E-state index in [9.17, 15) is 0 Å². The van der Waals surface area contributed by atoms with Crippen molar-refractivity contribution in [1.82, 2.24) is 19.9 Å². The lowest BCUT2D eigenvalue weighted by Gasteiger charge is -2.34. The standard InChI is InChI=1S/C23H23N5O/c1-2-27-13-15-28(16-14-27)22-19-21(24-20(25-22)17-9-5-3-6-10-17)26-23(29-19)18-11-7-4-8-12-18/h3-12H,2,13-16H2,1H3. The second-order valence-electron chi connectivity index (χ2n) is 7.20. The van der Waals surface area contributed by atoms with E-state index in [0.717, 1.165) is 49.7 Å². The summed E-state index contributed by atoms with van der Waals surface area (Å²) in [6.07, 6.45) is 0. The molecule has 0 N–H and O–H groups in total. The van der Waals surface area contributed by atoms with Crippen LogP contribution in [0.25, 0.3) is 34.1 Å². The monoisotopic (exact) mass is 385 g/mol. The topological polar surface area (TPSA) is 58.3 Å². The van der Waals surface area contributed by atoms with Crippen molar-refractivity contribution in [3.8, 4) is 22.8 Å². The zero-order valence-corrected chi connectivity index (χ0v) is 16.5. The molecule has 1 aliphatic heterocycles. The molecular weight excluding hydrogens is 362 g/mol. The number of anilines is 1. The molecule has 0 bridgehead atoms. The number of likely N-dealkylation sites (N-methyl/N-ethyl adjacent to an activating group) is 1. The molecule has 0 saturated carbocycles. The van der Waals surface area contributed by atoms with Gasteiger partial charge in [0.15, 0.2) is 11.6 Å². The van der Waals surface area contributed by atoms with Crippen molar-refractivity contribution < 1.29 is 4.42 Å². The van der Waals surface area contributed by atoms with Gasteiger partial charge in [0.25, 0.3) is 0 Å². The Hall–Kier alpha value is -3.25. The zero-order valence-electron chi connectivity index (χ0n) is 16.5. The molecule has 5 rings (SSSR count). The summed E-state index contributed by atoms with van der Waals surface area (Å²) < 4.78 is 6.19.